The van der Waals surface area contributed by atoms with Gasteiger partial charge in [-0.1, -0.05) is 6.07 Å². The molecule has 1 N–H and O–H groups in total. The van der Waals surface area contributed by atoms with Crippen molar-refractivity contribution in [1.29, 1.82) is 0 Å². The fourth-order valence-corrected chi connectivity index (χ4v) is 1.79. The highest BCUT2D eigenvalue weighted by Gasteiger charge is 1.99. The summed E-state index contributed by atoms with van der Waals surface area (Å²) < 4.78 is 6.77. The fraction of sp³-hybridized carbons (Fsp3) is 0.167. The van der Waals surface area contributed by atoms with Gasteiger partial charge in [0, 0.05) is 10.6 Å². The third-order valence-electron chi connectivity index (χ3n) is 2.14. The minimum Gasteiger partial charge on any atom is -0.487 e. The van der Waals surface area contributed by atoms with Crippen molar-refractivity contribution in [2.24, 2.45) is 0 Å². The van der Waals surface area contributed by atoms with E-state index in [1.54, 1.807) is 12.4 Å². The van der Waals surface area contributed by atoms with E-state index in [1.807, 2.05) is 31.3 Å². The molecule has 88 valence electrons. The summed E-state index contributed by atoms with van der Waals surface area (Å²) in [5, 5.41) is 2.92. The van der Waals surface area contributed by atoms with E-state index in [4.69, 9.17) is 4.74 Å². The highest BCUT2D eigenvalue weighted by atomic mass is 127. The molecule has 17 heavy (non-hydrogen) atoms. The summed E-state index contributed by atoms with van der Waals surface area (Å²) in [4.78, 5) is 8.41. The SMILES string of the molecule is CNc1cnc(COc2cccc(I)c2)cn1. The van der Waals surface area contributed by atoms with Crippen molar-refractivity contribution < 1.29 is 4.74 Å². The lowest BCUT2D eigenvalue weighted by Gasteiger charge is -2.06. The van der Waals surface area contributed by atoms with Gasteiger partial charge in [0.2, 0.25) is 0 Å². The van der Waals surface area contributed by atoms with E-state index in [9.17, 15) is 0 Å². The van der Waals surface area contributed by atoms with E-state index in [0.29, 0.717) is 6.61 Å². The topological polar surface area (TPSA) is 47.0 Å². The van der Waals surface area contributed by atoms with Gasteiger partial charge in [-0.25, -0.2) is 4.98 Å². The third kappa shape index (κ3) is 3.55. The van der Waals surface area contributed by atoms with Gasteiger partial charge in [0.25, 0.3) is 0 Å². The van der Waals surface area contributed by atoms with Gasteiger partial charge in [0.05, 0.1) is 18.1 Å². The molecule has 1 aromatic heterocycles. The molecule has 0 saturated heterocycles. The van der Waals surface area contributed by atoms with Crippen LogP contribution in [-0.4, -0.2) is 17.0 Å². The quantitative estimate of drug-likeness (QED) is 0.869. The third-order valence-corrected chi connectivity index (χ3v) is 2.82. The fourth-order valence-electron chi connectivity index (χ4n) is 1.27. The molecule has 0 atom stereocenters. The highest BCUT2D eigenvalue weighted by molar-refractivity contribution is 14.1. The van der Waals surface area contributed by atoms with Crippen molar-refractivity contribution in [3.63, 3.8) is 0 Å². The van der Waals surface area contributed by atoms with Crippen molar-refractivity contribution in [3.8, 4) is 5.75 Å². The van der Waals surface area contributed by atoms with Gasteiger partial charge in [-0.15, -0.1) is 0 Å². The normalized spacial score (nSPS) is 10.0. The predicted molar refractivity (Wildman–Crippen MR) is 75.1 cm³/mol. The molecule has 0 aliphatic heterocycles. The summed E-state index contributed by atoms with van der Waals surface area (Å²) in [5.41, 5.74) is 0.808. The van der Waals surface area contributed by atoms with Gasteiger partial charge >= 0.3 is 0 Å². The Hall–Kier alpha value is -1.37. The average Bonchev–Trinajstić information content (AvgIpc) is 2.37. The van der Waals surface area contributed by atoms with Crippen molar-refractivity contribution in [3.05, 3.63) is 45.9 Å². The molecule has 0 fully saturated rings. The van der Waals surface area contributed by atoms with Crippen LogP contribution in [0, 0.1) is 3.57 Å². The number of hydrogen-bond acceptors (Lipinski definition) is 4. The Bertz CT molecular complexity index is 487. The molecule has 0 radical (unpaired) electrons. The molecule has 2 rings (SSSR count). The second-order valence-corrected chi connectivity index (χ2v) is 4.63. The molecule has 0 aliphatic rings. The molecule has 0 spiro atoms. The Kier molecular flexibility index (Phi) is 4.13. The lowest BCUT2D eigenvalue weighted by atomic mass is 10.3. The number of rotatable bonds is 4. The molecule has 1 heterocycles. The number of ether oxygens (including phenoxy) is 1. The van der Waals surface area contributed by atoms with Crippen LogP contribution in [0.1, 0.15) is 5.69 Å². The largest absolute Gasteiger partial charge is 0.487 e. The van der Waals surface area contributed by atoms with E-state index < -0.39 is 0 Å². The van der Waals surface area contributed by atoms with Gasteiger partial charge in [-0.05, 0) is 40.8 Å². The Labute approximate surface area is 114 Å². The molecule has 0 bridgehead atoms. The smallest absolute Gasteiger partial charge is 0.144 e. The van der Waals surface area contributed by atoms with E-state index in [1.165, 1.54) is 0 Å². The van der Waals surface area contributed by atoms with Gasteiger partial charge in [-0.2, -0.15) is 0 Å². The zero-order valence-electron chi connectivity index (χ0n) is 9.35. The Balaban J connectivity index is 1.97. The molecule has 0 aliphatic carbocycles. The first-order chi connectivity index (χ1) is 8.28. The molecule has 1 aromatic carbocycles. The zero-order chi connectivity index (χ0) is 12.1. The first-order valence-corrected chi connectivity index (χ1v) is 6.23. The van der Waals surface area contributed by atoms with Crippen LogP contribution in [0.25, 0.3) is 0 Å². The van der Waals surface area contributed by atoms with Crippen LogP contribution in [0.3, 0.4) is 0 Å². The van der Waals surface area contributed by atoms with Crippen LogP contribution in [-0.2, 0) is 6.61 Å². The minimum atomic E-state index is 0.428. The number of halogens is 1. The number of aromatic nitrogens is 2. The number of hydrogen-bond donors (Lipinski definition) is 1. The molecular formula is C12H12IN3O. The standard InChI is InChI=1S/C12H12IN3O/c1-14-12-7-15-10(6-16-12)8-17-11-4-2-3-9(13)5-11/h2-7H,8H2,1H3,(H,14,16). The van der Waals surface area contributed by atoms with Gasteiger partial charge in [0.15, 0.2) is 0 Å². The summed E-state index contributed by atoms with van der Waals surface area (Å²) in [6.07, 6.45) is 3.40. The van der Waals surface area contributed by atoms with Gasteiger partial charge in [-0.3, -0.25) is 4.98 Å². The van der Waals surface area contributed by atoms with E-state index in [2.05, 4.69) is 37.9 Å². The number of benzene rings is 1. The minimum absolute atomic E-state index is 0.428. The maximum absolute atomic E-state index is 5.62. The summed E-state index contributed by atoms with van der Waals surface area (Å²) in [5.74, 6) is 1.60. The lowest BCUT2D eigenvalue weighted by Crippen LogP contribution is -2.01. The molecular weight excluding hydrogens is 329 g/mol. The first-order valence-electron chi connectivity index (χ1n) is 5.15. The molecule has 2 aromatic rings. The lowest BCUT2D eigenvalue weighted by molar-refractivity contribution is 0.300. The van der Waals surface area contributed by atoms with Crippen molar-refractivity contribution in [2.75, 3.05) is 12.4 Å². The second-order valence-electron chi connectivity index (χ2n) is 3.39. The Morgan fingerprint density at radius 2 is 2.18 bits per heavy atom. The average molecular weight is 341 g/mol. The second kappa shape index (κ2) is 5.81. The number of anilines is 1. The molecule has 0 amide bonds. The van der Waals surface area contributed by atoms with Crippen LogP contribution in [0.2, 0.25) is 0 Å². The number of nitrogens with zero attached hydrogens (tertiary/aromatic N) is 2. The maximum Gasteiger partial charge on any atom is 0.144 e. The monoisotopic (exact) mass is 341 g/mol. The maximum atomic E-state index is 5.62. The van der Waals surface area contributed by atoms with E-state index >= 15 is 0 Å². The van der Waals surface area contributed by atoms with Crippen molar-refractivity contribution in [1.82, 2.24) is 9.97 Å². The van der Waals surface area contributed by atoms with Gasteiger partial charge < -0.3 is 10.1 Å². The van der Waals surface area contributed by atoms with Crippen LogP contribution >= 0.6 is 22.6 Å². The van der Waals surface area contributed by atoms with Crippen LogP contribution in [0.4, 0.5) is 5.82 Å². The Morgan fingerprint density at radius 1 is 1.29 bits per heavy atom. The molecule has 5 heteroatoms. The Morgan fingerprint density at radius 3 is 2.82 bits per heavy atom. The highest BCUT2D eigenvalue weighted by Crippen LogP contribution is 2.15. The molecule has 0 unspecified atom stereocenters. The van der Waals surface area contributed by atoms with E-state index in [0.717, 1.165) is 20.8 Å². The molecule has 0 saturated carbocycles. The predicted octanol–water partition coefficient (Wildman–Crippen LogP) is 2.70. The molecule has 4 nitrogen and oxygen atoms in total. The van der Waals surface area contributed by atoms with Crippen LogP contribution in [0.5, 0.6) is 5.75 Å². The van der Waals surface area contributed by atoms with Crippen molar-refractivity contribution >= 4 is 28.4 Å². The summed E-state index contributed by atoms with van der Waals surface area (Å²) in [6, 6.07) is 7.90. The number of nitrogens with one attached hydrogen (secondary N) is 1. The van der Waals surface area contributed by atoms with Crippen LogP contribution < -0.4 is 10.1 Å². The van der Waals surface area contributed by atoms with Gasteiger partial charge in [0.1, 0.15) is 18.2 Å². The summed E-state index contributed by atoms with van der Waals surface area (Å²) in [6.45, 7) is 0.428. The summed E-state index contributed by atoms with van der Waals surface area (Å²) in [7, 11) is 1.81. The first kappa shape index (κ1) is 12.1. The van der Waals surface area contributed by atoms with E-state index in [-0.39, 0.29) is 0 Å². The summed E-state index contributed by atoms with van der Waals surface area (Å²) >= 11 is 2.25. The zero-order valence-corrected chi connectivity index (χ0v) is 11.5. The van der Waals surface area contributed by atoms with Crippen molar-refractivity contribution in [2.45, 2.75) is 6.61 Å². The van der Waals surface area contributed by atoms with Crippen LogP contribution in [0.15, 0.2) is 36.7 Å².